The molecule has 4 rings (SSSR count). The Kier molecular flexibility index (Phi) is 3.55. The Balaban J connectivity index is 1.85. The molecule has 1 aliphatic heterocycles. The summed E-state index contributed by atoms with van der Waals surface area (Å²) in [5, 5.41) is 10.7. The fourth-order valence-corrected chi connectivity index (χ4v) is 3.32. The number of hydrogen-bond acceptors (Lipinski definition) is 4. The van der Waals surface area contributed by atoms with Crippen molar-refractivity contribution < 1.29 is 19.5 Å². The second kappa shape index (κ2) is 5.67. The fourth-order valence-electron chi connectivity index (χ4n) is 3.32. The zero-order valence-electron chi connectivity index (χ0n) is 14.4. The van der Waals surface area contributed by atoms with E-state index >= 15 is 0 Å². The lowest BCUT2D eigenvalue weighted by molar-refractivity contribution is 0.0642. The van der Waals surface area contributed by atoms with Gasteiger partial charge < -0.3 is 15.0 Å². The molecule has 0 radical (unpaired) electrons. The van der Waals surface area contributed by atoms with Crippen LogP contribution in [0.25, 0.3) is 21.8 Å². The molecule has 1 aliphatic rings. The molecule has 7 nitrogen and oxygen atoms in total. The normalized spacial score (nSPS) is 14.0. The number of carbonyl (C=O) groups excluding carboxylic acids is 2. The number of likely N-dealkylation sites (N-methyl/N-ethyl adjacent to an activating group) is 1. The smallest absolute Gasteiger partial charge is 0.335 e. The number of benzene rings is 2. The molecule has 26 heavy (non-hydrogen) atoms. The van der Waals surface area contributed by atoms with Crippen molar-refractivity contribution in [3.8, 4) is 0 Å². The second-order valence-electron chi connectivity index (χ2n) is 6.70. The quantitative estimate of drug-likeness (QED) is 0.703. The molecule has 0 saturated carbocycles. The molecule has 3 aromatic rings. The van der Waals surface area contributed by atoms with Gasteiger partial charge in [0.05, 0.1) is 16.7 Å². The van der Waals surface area contributed by atoms with Crippen LogP contribution in [0.5, 0.6) is 0 Å². The van der Waals surface area contributed by atoms with Crippen LogP contribution in [0.1, 0.15) is 31.1 Å². The number of aromatic carboxylic acids is 1. The molecule has 0 aliphatic carbocycles. The van der Waals surface area contributed by atoms with Crippen molar-refractivity contribution in [2.75, 3.05) is 27.2 Å². The first-order valence-electron chi connectivity index (χ1n) is 8.20. The molecule has 2 aromatic carbocycles. The summed E-state index contributed by atoms with van der Waals surface area (Å²) in [6.45, 7) is 0.922. The molecule has 0 spiro atoms. The highest BCUT2D eigenvalue weighted by Crippen LogP contribution is 2.32. The van der Waals surface area contributed by atoms with Crippen LogP contribution in [0.4, 0.5) is 0 Å². The predicted molar refractivity (Wildman–Crippen MR) is 96.7 cm³/mol. The Bertz CT molecular complexity index is 1100. The zero-order valence-corrected chi connectivity index (χ0v) is 14.4. The standard InChI is InChI=1S/C19H17N3O4/c1-21(2)5-6-22-17(23)13-8-12-11-7-10(19(25)26)3-4-15(11)20-16(12)9-14(13)18(22)24/h3-4,7-9,20H,5-6H2,1-2H3,(H,25,26). The lowest BCUT2D eigenvalue weighted by atomic mass is 10.0. The number of aromatic amines is 1. The SMILES string of the molecule is CN(C)CCN1C(=O)c2cc3[nH]c4ccc(C(=O)O)cc4c3cc2C1=O. The topological polar surface area (TPSA) is 93.7 Å². The van der Waals surface area contributed by atoms with Gasteiger partial charge in [0.2, 0.25) is 0 Å². The Labute approximate surface area is 148 Å². The Hall–Kier alpha value is -3.19. The molecular weight excluding hydrogens is 334 g/mol. The van der Waals surface area contributed by atoms with Gasteiger partial charge in [0, 0.05) is 34.9 Å². The average molecular weight is 351 g/mol. The minimum absolute atomic E-state index is 0.175. The van der Waals surface area contributed by atoms with Gasteiger partial charge in [-0.05, 0) is 44.4 Å². The molecule has 1 aromatic heterocycles. The third kappa shape index (κ3) is 2.36. The largest absolute Gasteiger partial charge is 0.478 e. The molecular formula is C19H17N3O4. The number of nitrogens with one attached hydrogen (secondary N) is 1. The fraction of sp³-hybridized carbons (Fsp3) is 0.211. The third-order valence-corrected chi connectivity index (χ3v) is 4.71. The highest BCUT2D eigenvalue weighted by molar-refractivity contribution is 6.24. The molecule has 0 bridgehead atoms. The van der Waals surface area contributed by atoms with E-state index in [1.54, 1.807) is 24.3 Å². The number of amides is 2. The first-order valence-corrected chi connectivity index (χ1v) is 8.20. The summed E-state index contributed by atoms with van der Waals surface area (Å²) in [5.41, 5.74) is 2.39. The number of nitrogens with zero attached hydrogens (tertiary/aromatic N) is 2. The van der Waals surface area contributed by atoms with Gasteiger partial charge in [-0.1, -0.05) is 0 Å². The second-order valence-corrected chi connectivity index (χ2v) is 6.70. The van der Waals surface area contributed by atoms with Crippen molar-refractivity contribution in [2.45, 2.75) is 0 Å². The molecule has 0 saturated heterocycles. The van der Waals surface area contributed by atoms with Crippen LogP contribution in [0, 0.1) is 0 Å². The Morgan fingerprint density at radius 1 is 1.04 bits per heavy atom. The summed E-state index contributed by atoms with van der Waals surface area (Å²) >= 11 is 0. The summed E-state index contributed by atoms with van der Waals surface area (Å²) in [5.74, 6) is -1.61. The molecule has 2 heterocycles. The number of rotatable bonds is 4. The van der Waals surface area contributed by atoms with Crippen LogP contribution in [-0.4, -0.2) is 64.9 Å². The maximum atomic E-state index is 12.7. The maximum Gasteiger partial charge on any atom is 0.335 e. The van der Waals surface area contributed by atoms with Gasteiger partial charge in [0.25, 0.3) is 11.8 Å². The van der Waals surface area contributed by atoms with Crippen LogP contribution < -0.4 is 0 Å². The molecule has 2 amide bonds. The minimum Gasteiger partial charge on any atom is -0.478 e. The number of aromatic nitrogens is 1. The number of hydrogen-bond donors (Lipinski definition) is 2. The van der Waals surface area contributed by atoms with Gasteiger partial charge in [-0.3, -0.25) is 14.5 Å². The van der Waals surface area contributed by atoms with E-state index in [-0.39, 0.29) is 17.4 Å². The van der Waals surface area contributed by atoms with E-state index in [0.717, 1.165) is 16.3 Å². The number of imide groups is 1. The summed E-state index contributed by atoms with van der Waals surface area (Å²) in [6, 6.07) is 8.16. The first kappa shape index (κ1) is 16.3. The van der Waals surface area contributed by atoms with E-state index in [1.807, 2.05) is 19.0 Å². The van der Waals surface area contributed by atoms with Crippen molar-refractivity contribution >= 4 is 39.6 Å². The van der Waals surface area contributed by atoms with Crippen LogP contribution in [0.2, 0.25) is 0 Å². The maximum absolute atomic E-state index is 12.7. The number of carboxylic acid groups (broad SMARTS) is 1. The van der Waals surface area contributed by atoms with Crippen molar-refractivity contribution in [1.82, 2.24) is 14.8 Å². The van der Waals surface area contributed by atoms with Gasteiger partial charge in [0.1, 0.15) is 0 Å². The van der Waals surface area contributed by atoms with E-state index in [1.165, 1.54) is 11.0 Å². The molecule has 2 N–H and O–H groups in total. The van der Waals surface area contributed by atoms with E-state index < -0.39 is 5.97 Å². The number of carbonyl (C=O) groups is 3. The van der Waals surface area contributed by atoms with Crippen LogP contribution in [0.3, 0.4) is 0 Å². The van der Waals surface area contributed by atoms with Gasteiger partial charge in [-0.2, -0.15) is 0 Å². The summed E-state index contributed by atoms with van der Waals surface area (Å²) in [4.78, 5) is 42.9. The zero-order chi connectivity index (χ0) is 18.6. The van der Waals surface area contributed by atoms with E-state index in [9.17, 15) is 19.5 Å². The number of fused-ring (bicyclic) bond motifs is 4. The number of carboxylic acids is 1. The van der Waals surface area contributed by atoms with Crippen molar-refractivity contribution in [3.63, 3.8) is 0 Å². The van der Waals surface area contributed by atoms with E-state index in [4.69, 9.17) is 0 Å². The lowest BCUT2D eigenvalue weighted by Gasteiger charge is -2.16. The summed E-state index contributed by atoms with van der Waals surface area (Å²) in [6.07, 6.45) is 0. The summed E-state index contributed by atoms with van der Waals surface area (Å²) in [7, 11) is 3.77. The monoisotopic (exact) mass is 351 g/mol. The van der Waals surface area contributed by atoms with Crippen molar-refractivity contribution in [2.24, 2.45) is 0 Å². The molecule has 0 fully saturated rings. The Morgan fingerprint density at radius 3 is 2.35 bits per heavy atom. The molecule has 7 heteroatoms. The molecule has 0 unspecified atom stereocenters. The Morgan fingerprint density at radius 2 is 1.69 bits per heavy atom. The lowest BCUT2D eigenvalue weighted by Crippen LogP contribution is -2.35. The van der Waals surface area contributed by atoms with Gasteiger partial charge in [-0.25, -0.2) is 4.79 Å². The van der Waals surface area contributed by atoms with Gasteiger partial charge >= 0.3 is 5.97 Å². The molecule has 0 atom stereocenters. The van der Waals surface area contributed by atoms with Crippen LogP contribution in [-0.2, 0) is 0 Å². The molecule has 132 valence electrons. The van der Waals surface area contributed by atoms with Crippen molar-refractivity contribution in [1.29, 1.82) is 0 Å². The number of H-pyrrole nitrogens is 1. The van der Waals surface area contributed by atoms with E-state index in [2.05, 4.69) is 4.98 Å². The van der Waals surface area contributed by atoms with Crippen LogP contribution in [0.15, 0.2) is 30.3 Å². The van der Waals surface area contributed by atoms with Gasteiger partial charge in [0.15, 0.2) is 0 Å². The third-order valence-electron chi connectivity index (χ3n) is 4.71. The van der Waals surface area contributed by atoms with Gasteiger partial charge in [-0.15, -0.1) is 0 Å². The predicted octanol–water partition coefficient (Wildman–Crippen LogP) is 2.18. The highest BCUT2D eigenvalue weighted by Gasteiger charge is 2.36. The first-order chi connectivity index (χ1) is 12.4. The summed E-state index contributed by atoms with van der Waals surface area (Å²) < 4.78 is 0. The van der Waals surface area contributed by atoms with Crippen LogP contribution >= 0.6 is 0 Å². The highest BCUT2D eigenvalue weighted by atomic mass is 16.4. The minimum atomic E-state index is -1.01. The average Bonchev–Trinajstić information content (AvgIpc) is 3.06. The van der Waals surface area contributed by atoms with E-state index in [0.29, 0.717) is 29.7 Å². The van der Waals surface area contributed by atoms with Crippen molar-refractivity contribution in [3.05, 3.63) is 47.0 Å².